The highest BCUT2D eigenvalue weighted by atomic mass is 79.9. The fourth-order valence-electron chi connectivity index (χ4n) is 1.75. The van der Waals surface area contributed by atoms with Crippen LogP contribution in [0.1, 0.15) is 24.2 Å². The fourth-order valence-corrected chi connectivity index (χ4v) is 2.17. The molecule has 4 heteroatoms. The number of halogens is 1. The lowest BCUT2D eigenvalue weighted by molar-refractivity contribution is -0.117. The summed E-state index contributed by atoms with van der Waals surface area (Å²) in [5, 5.41) is 2.88. The summed E-state index contributed by atoms with van der Waals surface area (Å²) in [7, 11) is 0. The van der Waals surface area contributed by atoms with Gasteiger partial charge in [-0.25, -0.2) is 0 Å². The Hall–Kier alpha value is -1.94. The molecule has 0 fully saturated rings. The number of hydrogen-bond donors (Lipinski definition) is 1. The van der Waals surface area contributed by atoms with Crippen LogP contribution >= 0.6 is 15.9 Å². The van der Waals surface area contributed by atoms with Gasteiger partial charge < -0.3 is 5.32 Å². The van der Waals surface area contributed by atoms with Crippen molar-refractivity contribution in [2.24, 2.45) is 0 Å². The van der Waals surface area contributed by atoms with Crippen molar-refractivity contribution in [2.75, 3.05) is 0 Å². The number of nitrogens with one attached hydrogen (secondary N) is 1. The van der Waals surface area contributed by atoms with Crippen molar-refractivity contribution in [3.8, 4) is 0 Å². The minimum Gasteiger partial charge on any atom is -0.344 e. The zero-order valence-corrected chi connectivity index (χ0v) is 12.7. The number of nitrogens with zero attached hydrogens (tertiary/aromatic N) is 1. The van der Waals surface area contributed by atoms with E-state index in [1.165, 1.54) is 6.08 Å². The Labute approximate surface area is 126 Å². The number of pyridine rings is 1. The van der Waals surface area contributed by atoms with Gasteiger partial charge in [0.05, 0.1) is 11.7 Å². The molecular weight excluding hydrogens is 316 g/mol. The van der Waals surface area contributed by atoms with Crippen molar-refractivity contribution in [1.82, 2.24) is 10.3 Å². The van der Waals surface area contributed by atoms with Gasteiger partial charge in [-0.3, -0.25) is 9.78 Å². The lowest BCUT2D eigenvalue weighted by Crippen LogP contribution is -2.25. The van der Waals surface area contributed by atoms with Crippen molar-refractivity contribution in [1.29, 1.82) is 0 Å². The predicted molar refractivity (Wildman–Crippen MR) is 84.0 cm³/mol. The maximum atomic E-state index is 11.8. The topological polar surface area (TPSA) is 42.0 Å². The Morgan fingerprint density at radius 1 is 1.30 bits per heavy atom. The van der Waals surface area contributed by atoms with Crippen molar-refractivity contribution in [2.45, 2.75) is 13.0 Å². The van der Waals surface area contributed by atoms with Gasteiger partial charge in [-0.1, -0.05) is 34.1 Å². The number of rotatable bonds is 4. The first-order valence-electron chi connectivity index (χ1n) is 6.30. The average molecular weight is 331 g/mol. The number of amides is 1. The van der Waals surface area contributed by atoms with Crippen LogP contribution < -0.4 is 5.32 Å². The lowest BCUT2D eigenvalue weighted by Gasteiger charge is -2.11. The number of aromatic nitrogens is 1. The SMILES string of the molecule is CC(NC(=O)/C=C/c1cccc(Br)c1)c1ccccn1. The van der Waals surface area contributed by atoms with E-state index in [1.807, 2.05) is 49.4 Å². The van der Waals surface area contributed by atoms with E-state index in [9.17, 15) is 4.79 Å². The van der Waals surface area contributed by atoms with Crippen LogP contribution in [-0.4, -0.2) is 10.9 Å². The first-order valence-corrected chi connectivity index (χ1v) is 7.09. The van der Waals surface area contributed by atoms with Gasteiger partial charge in [-0.15, -0.1) is 0 Å². The van der Waals surface area contributed by atoms with Gasteiger partial charge in [0, 0.05) is 16.7 Å². The number of carbonyl (C=O) groups excluding carboxylic acids is 1. The summed E-state index contributed by atoms with van der Waals surface area (Å²) in [6.07, 6.45) is 5.03. The maximum absolute atomic E-state index is 11.8. The smallest absolute Gasteiger partial charge is 0.244 e. The van der Waals surface area contributed by atoms with Gasteiger partial charge in [0.25, 0.3) is 0 Å². The van der Waals surface area contributed by atoms with Crippen LogP contribution in [0.5, 0.6) is 0 Å². The third-order valence-corrected chi connectivity index (χ3v) is 3.26. The summed E-state index contributed by atoms with van der Waals surface area (Å²) >= 11 is 3.40. The molecule has 1 N–H and O–H groups in total. The molecule has 1 aromatic carbocycles. The Balaban J connectivity index is 1.96. The van der Waals surface area contributed by atoms with Crippen LogP contribution in [0.15, 0.2) is 59.2 Å². The molecule has 0 bridgehead atoms. The monoisotopic (exact) mass is 330 g/mol. The molecule has 1 unspecified atom stereocenters. The van der Waals surface area contributed by atoms with E-state index in [2.05, 4.69) is 26.2 Å². The van der Waals surface area contributed by atoms with Gasteiger partial charge in [-0.05, 0) is 42.8 Å². The summed E-state index contributed by atoms with van der Waals surface area (Å²) in [5.74, 6) is -0.136. The largest absolute Gasteiger partial charge is 0.344 e. The molecule has 3 nitrogen and oxygen atoms in total. The highest BCUT2D eigenvalue weighted by molar-refractivity contribution is 9.10. The van der Waals surface area contributed by atoms with Crippen molar-refractivity contribution < 1.29 is 4.79 Å². The molecule has 2 aromatic rings. The predicted octanol–water partition coefficient (Wildman–Crippen LogP) is 3.73. The molecule has 2 rings (SSSR count). The van der Waals surface area contributed by atoms with Crippen LogP contribution in [-0.2, 0) is 4.79 Å². The zero-order valence-electron chi connectivity index (χ0n) is 11.1. The molecule has 0 aliphatic heterocycles. The van der Waals surface area contributed by atoms with Gasteiger partial charge in [0.1, 0.15) is 0 Å². The first-order chi connectivity index (χ1) is 9.65. The fraction of sp³-hybridized carbons (Fsp3) is 0.125. The second-order valence-electron chi connectivity index (χ2n) is 4.37. The summed E-state index contributed by atoms with van der Waals surface area (Å²) in [4.78, 5) is 16.1. The summed E-state index contributed by atoms with van der Waals surface area (Å²) in [6.45, 7) is 1.91. The third-order valence-electron chi connectivity index (χ3n) is 2.77. The minimum atomic E-state index is -0.136. The number of hydrogen-bond acceptors (Lipinski definition) is 2. The molecule has 1 heterocycles. The van der Waals surface area contributed by atoms with Crippen LogP contribution in [0.3, 0.4) is 0 Å². The lowest BCUT2D eigenvalue weighted by atomic mass is 10.2. The quantitative estimate of drug-likeness (QED) is 0.868. The Bertz CT molecular complexity index is 611. The average Bonchev–Trinajstić information content (AvgIpc) is 2.46. The zero-order chi connectivity index (χ0) is 14.4. The molecule has 0 aliphatic rings. The highest BCUT2D eigenvalue weighted by Crippen LogP contribution is 2.13. The van der Waals surface area contributed by atoms with Gasteiger partial charge in [0.2, 0.25) is 5.91 Å². The maximum Gasteiger partial charge on any atom is 0.244 e. The molecule has 0 spiro atoms. The van der Waals surface area contributed by atoms with E-state index < -0.39 is 0 Å². The standard InChI is InChI=1S/C16H15BrN2O/c1-12(15-7-2-3-10-18-15)19-16(20)9-8-13-5-4-6-14(17)11-13/h2-12H,1H3,(H,19,20)/b9-8+. The normalized spacial score (nSPS) is 12.3. The van der Waals surface area contributed by atoms with Crippen LogP contribution in [0.2, 0.25) is 0 Å². The molecule has 0 saturated heterocycles. The summed E-state index contributed by atoms with van der Waals surface area (Å²) in [6, 6.07) is 13.3. The van der Waals surface area contributed by atoms with E-state index in [0.717, 1.165) is 15.7 Å². The van der Waals surface area contributed by atoms with Crippen molar-refractivity contribution in [3.05, 3.63) is 70.5 Å². The second-order valence-corrected chi connectivity index (χ2v) is 5.29. The molecule has 1 aromatic heterocycles. The van der Waals surface area contributed by atoms with Crippen LogP contribution in [0, 0.1) is 0 Å². The van der Waals surface area contributed by atoms with Crippen molar-refractivity contribution >= 4 is 27.9 Å². The summed E-state index contributed by atoms with van der Waals surface area (Å²) < 4.78 is 0.988. The Morgan fingerprint density at radius 2 is 2.15 bits per heavy atom. The van der Waals surface area contributed by atoms with Crippen LogP contribution in [0.4, 0.5) is 0 Å². The van der Waals surface area contributed by atoms with E-state index >= 15 is 0 Å². The number of carbonyl (C=O) groups is 1. The molecule has 20 heavy (non-hydrogen) atoms. The molecular formula is C16H15BrN2O. The molecule has 0 radical (unpaired) electrons. The third kappa shape index (κ3) is 4.31. The molecule has 102 valence electrons. The second kappa shape index (κ2) is 7.01. The minimum absolute atomic E-state index is 0.115. The summed E-state index contributed by atoms with van der Waals surface area (Å²) in [5.41, 5.74) is 1.82. The van der Waals surface area contributed by atoms with Gasteiger partial charge in [-0.2, -0.15) is 0 Å². The Kier molecular flexibility index (Phi) is 5.07. The van der Waals surface area contributed by atoms with Crippen molar-refractivity contribution in [3.63, 3.8) is 0 Å². The van der Waals surface area contributed by atoms with E-state index in [-0.39, 0.29) is 11.9 Å². The highest BCUT2D eigenvalue weighted by Gasteiger charge is 2.07. The van der Waals surface area contributed by atoms with E-state index in [1.54, 1.807) is 12.3 Å². The van der Waals surface area contributed by atoms with Crippen LogP contribution in [0.25, 0.3) is 6.08 Å². The molecule has 0 aliphatic carbocycles. The van der Waals surface area contributed by atoms with E-state index in [4.69, 9.17) is 0 Å². The van der Waals surface area contributed by atoms with Gasteiger partial charge >= 0.3 is 0 Å². The van der Waals surface area contributed by atoms with E-state index in [0.29, 0.717) is 0 Å². The Morgan fingerprint density at radius 3 is 2.85 bits per heavy atom. The molecule has 1 atom stereocenters. The molecule has 0 saturated carbocycles. The number of benzene rings is 1. The molecule has 1 amide bonds. The first kappa shape index (κ1) is 14.5. The van der Waals surface area contributed by atoms with Gasteiger partial charge in [0.15, 0.2) is 0 Å².